The Kier molecular flexibility index (Phi) is 8.47. The first-order valence-corrected chi connectivity index (χ1v) is 13.4. The van der Waals surface area contributed by atoms with E-state index in [2.05, 4.69) is 19.9 Å². The molecule has 17 heteroatoms. The van der Waals surface area contributed by atoms with Crippen molar-refractivity contribution in [2.45, 2.75) is 6.18 Å². The summed E-state index contributed by atoms with van der Waals surface area (Å²) in [5.41, 5.74) is 10.1. The number of amides is 2. The lowest BCUT2D eigenvalue weighted by molar-refractivity contribution is -0.137. The molecule has 232 valence electrons. The summed E-state index contributed by atoms with van der Waals surface area (Å²) < 4.78 is 53.0. The molecule has 0 atom stereocenters. The van der Waals surface area contributed by atoms with E-state index in [1.165, 1.54) is 6.07 Å². The smallest absolute Gasteiger partial charge is 0.417 e. The highest BCUT2D eigenvalue weighted by atomic mass is 35.5. The Morgan fingerprint density at radius 1 is 0.909 bits per heavy atom. The number of furan rings is 1. The number of nitrogen functional groups attached to an aromatic ring is 1. The van der Waals surface area contributed by atoms with Crippen molar-refractivity contribution in [2.24, 2.45) is 5.73 Å². The molecule has 2 saturated heterocycles. The van der Waals surface area contributed by atoms with Gasteiger partial charge in [-0.1, -0.05) is 12.1 Å². The highest BCUT2D eigenvalue weighted by molar-refractivity contribution is 6.06. The number of pyridine rings is 1. The third kappa shape index (κ3) is 6.03. The molecule has 1 aromatic carbocycles. The molecule has 2 aliphatic heterocycles. The van der Waals surface area contributed by atoms with Crippen LogP contribution in [0.4, 0.5) is 30.9 Å². The van der Waals surface area contributed by atoms with E-state index >= 15 is 0 Å². The molecule has 2 fully saturated rings. The maximum absolute atomic E-state index is 14.0. The van der Waals surface area contributed by atoms with Crippen molar-refractivity contribution in [1.82, 2.24) is 24.8 Å². The van der Waals surface area contributed by atoms with Gasteiger partial charge in [0.1, 0.15) is 11.4 Å². The summed E-state index contributed by atoms with van der Waals surface area (Å²) in [7, 11) is 0. The zero-order valence-electron chi connectivity index (χ0n) is 23.1. The minimum atomic E-state index is -4.72. The number of para-hydroxylation sites is 1. The van der Waals surface area contributed by atoms with Gasteiger partial charge in [-0.3, -0.25) is 9.59 Å². The molecule has 13 nitrogen and oxygen atoms in total. The highest BCUT2D eigenvalue weighted by Gasteiger charge is 2.36. The molecule has 4 aromatic rings. The third-order valence-corrected chi connectivity index (χ3v) is 7.25. The number of fused-ring (bicyclic) bond motifs is 1. The van der Waals surface area contributed by atoms with Gasteiger partial charge < -0.3 is 35.3 Å². The summed E-state index contributed by atoms with van der Waals surface area (Å²) in [6.07, 6.45) is -3.72. The fourth-order valence-electron chi connectivity index (χ4n) is 5.03. The largest absolute Gasteiger partial charge is 0.450 e. The van der Waals surface area contributed by atoms with Gasteiger partial charge in [-0.2, -0.15) is 28.1 Å². The minimum absolute atomic E-state index is 0. The molecule has 6 rings (SSSR count). The van der Waals surface area contributed by atoms with Crippen molar-refractivity contribution in [3.8, 4) is 11.4 Å². The number of ether oxygens (including phenoxy) is 1. The maximum Gasteiger partial charge on any atom is 0.417 e. The first kappa shape index (κ1) is 30.7. The lowest BCUT2D eigenvalue weighted by Crippen LogP contribution is -2.49. The predicted octanol–water partition coefficient (Wildman–Crippen LogP) is 2.60. The van der Waals surface area contributed by atoms with E-state index in [-0.39, 0.29) is 90.5 Å². The molecule has 5 heterocycles. The van der Waals surface area contributed by atoms with Crippen molar-refractivity contribution < 1.29 is 31.9 Å². The van der Waals surface area contributed by atoms with Crippen molar-refractivity contribution in [1.29, 1.82) is 0 Å². The lowest BCUT2D eigenvalue weighted by atomic mass is 10.1. The first-order chi connectivity index (χ1) is 20.6. The van der Waals surface area contributed by atoms with Gasteiger partial charge in [0.25, 0.3) is 11.8 Å². The molecule has 3 aromatic heterocycles. The fraction of sp³-hybridized carbons (Fsp3) is 0.333. The number of carbonyl (C=O) groups excluding carboxylic acids is 2. The van der Waals surface area contributed by atoms with Crippen molar-refractivity contribution >= 4 is 52.9 Å². The second kappa shape index (κ2) is 12.1. The van der Waals surface area contributed by atoms with Gasteiger partial charge in [0.05, 0.1) is 29.9 Å². The Balaban J connectivity index is 0.00000384. The molecular weight excluding hydrogens is 607 g/mol. The SMILES string of the molecule is Cl.NC(=O)c1cccc2cc(C(=O)N3CCN(c4nc(-c5cnc(N)cc5C(F)(F)F)nc(N5CCOCC5)n4)CC3)oc12. The number of anilines is 3. The maximum atomic E-state index is 14.0. The van der Waals surface area contributed by atoms with Gasteiger partial charge in [-0.25, -0.2) is 4.98 Å². The number of primary amides is 1. The van der Waals surface area contributed by atoms with Crippen LogP contribution in [0.15, 0.2) is 40.9 Å². The molecule has 2 amide bonds. The van der Waals surface area contributed by atoms with Crippen LogP contribution in [0.3, 0.4) is 0 Å². The number of hydrogen-bond acceptors (Lipinski definition) is 11. The zero-order chi connectivity index (χ0) is 30.3. The van der Waals surface area contributed by atoms with E-state index in [1.807, 2.05) is 4.90 Å². The molecule has 0 unspecified atom stereocenters. The molecule has 0 saturated carbocycles. The molecule has 2 aliphatic rings. The Bertz CT molecular complexity index is 1700. The number of hydrogen-bond donors (Lipinski definition) is 2. The molecule has 0 spiro atoms. The molecule has 44 heavy (non-hydrogen) atoms. The number of morpholine rings is 1. The average Bonchev–Trinajstić information content (AvgIpc) is 3.45. The second-order valence-corrected chi connectivity index (χ2v) is 9.99. The van der Waals surface area contributed by atoms with Gasteiger partial charge in [-0.15, -0.1) is 12.4 Å². The predicted molar refractivity (Wildman–Crippen MR) is 156 cm³/mol. The minimum Gasteiger partial charge on any atom is -0.450 e. The third-order valence-electron chi connectivity index (χ3n) is 7.25. The molecule has 0 radical (unpaired) electrons. The lowest BCUT2D eigenvalue weighted by Gasteiger charge is -2.35. The number of rotatable bonds is 5. The number of nitrogens with two attached hydrogens (primary N) is 2. The molecule has 0 aliphatic carbocycles. The summed E-state index contributed by atoms with van der Waals surface area (Å²) in [6.45, 7) is 2.81. The van der Waals surface area contributed by atoms with Crippen LogP contribution in [0.25, 0.3) is 22.4 Å². The highest BCUT2D eigenvalue weighted by Crippen LogP contribution is 2.37. The van der Waals surface area contributed by atoms with Crippen LogP contribution in [0.5, 0.6) is 0 Å². The summed E-state index contributed by atoms with van der Waals surface area (Å²) in [6, 6.07) is 7.19. The monoisotopic (exact) mass is 633 g/mol. The van der Waals surface area contributed by atoms with E-state index in [1.54, 1.807) is 28.0 Å². The van der Waals surface area contributed by atoms with Crippen LogP contribution in [0.2, 0.25) is 0 Å². The van der Waals surface area contributed by atoms with E-state index in [9.17, 15) is 22.8 Å². The fourth-order valence-corrected chi connectivity index (χ4v) is 5.03. The standard InChI is InChI=1S/C27H26F3N9O4.ClH/c28-27(29,30)18-13-20(31)33-14-17(18)23-34-25(36-26(35-23)39-8-10-42-11-9-39)38-6-4-37(5-7-38)24(41)19-12-15-2-1-3-16(22(32)40)21(15)43-19;/h1-3,12-14H,4-11H2,(H2,31,33)(H2,32,40);1H. The topological polar surface area (TPSA) is 170 Å². The van der Waals surface area contributed by atoms with Crippen LogP contribution in [-0.4, -0.2) is 89.1 Å². The number of piperazine rings is 1. The van der Waals surface area contributed by atoms with Crippen LogP contribution >= 0.6 is 12.4 Å². The molecule has 4 N–H and O–H groups in total. The van der Waals surface area contributed by atoms with E-state index < -0.39 is 17.6 Å². The van der Waals surface area contributed by atoms with Crippen LogP contribution < -0.4 is 21.3 Å². The van der Waals surface area contributed by atoms with Crippen LogP contribution in [0.1, 0.15) is 26.5 Å². The van der Waals surface area contributed by atoms with Crippen molar-refractivity contribution in [2.75, 3.05) is 68.0 Å². The van der Waals surface area contributed by atoms with Gasteiger partial charge in [0.2, 0.25) is 11.9 Å². The van der Waals surface area contributed by atoms with E-state index in [0.717, 1.165) is 12.3 Å². The quantitative estimate of drug-likeness (QED) is 0.331. The summed E-state index contributed by atoms with van der Waals surface area (Å²) in [4.78, 5) is 47.4. The summed E-state index contributed by atoms with van der Waals surface area (Å²) in [5, 5.41) is 0.571. The van der Waals surface area contributed by atoms with Gasteiger partial charge in [-0.05, 0) is 18.2 Å². The van der Waals surface area contributed by atoms with E-state index in [0.29, 0.717) is 31.7 Å². The normalized spacial score (nSPS) is 15.8. The van der Waals surface area contributed by atoms with Crippen molar-refractivity contribution in [3.63, 3.8) is 0 Å². The van der Waals surface area contributed by atoms with Gasteiger partial charge in [0, 0.05) is 50.9 Å². The average molecular weight is 634 g/mol. The Labute approximate surface area is 254 Å². The van der Waals surface area contributed by atoms with Gasteiger partial charge >= 0.3 is 6.18 Å². The summed E-state index contributed by atoms with van der Waals surface area (Å²) >= 11 is 0. The van der Waals surface area contributed by atoms with E-state index in [4.69, 9.17) is 20.6 Å². The second-order valence-electron chi connectivity index (χ2n) is 9.99. The number of alkyl halides is 3. The molecular formula is C27H27ClF3N9O4. The Morgan fingerprint density at radius 3 is 2.20 bits per heavy atom. The summed E-state index contributed by atoms with van der Waals surface area (Å²) in [5.74, 6) is -1.09. The van der Waals surface area contributed by atoms with Crippen LogP contribution in [0, 0.1) is 0 Å². The number of nitrogens with zero attached hydrogens (tertiary/aromatic N) is 7. The van der Waals surface area contributed by atoms with Crippen molar-refractivity contribution in [3.05, 3.63) is 53.4 Å². The van der Waals surface area contributed by atoms with Gasteiger partial charge in [0.15, 0.2) is 11.6 Å². The Morgan fingerprint density at radius 2 is 1.57 bits per heavy atom. The number of benzene rings is 1. The Hall–Kier alpha value is -4.70. The number of halogens is 4. The number of carbonyl (C=O) groups is 2. The zero-order valence-corrected chi connectivity index (χ0v) is 23.9. The number of aromatic nitrogens is 4. The van der Waals surface area contributed by atoms with Crippen LogP contribution in [-0.2, 0) is 10.9 Å². The molecule has 0 bridgehead atoms. The first-order valence-electron chi connectivity index (χ1n) is 13.4.